The van der Waals surface area contributed by atoms with Gasteiger partial charge in [0.15, 0.2) is 0 Å². The van der Waals surface area contributed by atoms with E-state index in [-0.39, 0.29) is 0 Å². The van der Waals surface area contributed by atoms with Gasteiger partial charge in [-0.05, 0) is 37.8 Å². The first-order chi connectivity index (χ1) is 14.3. The van der Waals surface area contributed by atoms with E-state index in [0.29, 0.717) is 18.8 Å². The van der Waals surface area contributed by atoms with Crippen molar-refractivity contribution in [2.75, 3.05) is 0 Å². The lowest BCUT2D eigenvalue weighted by atomic mass is 9.99. The number of hydrogen-bond acceptors (Lipinski definition) is 2. The van der Waals surface area contributed by atoms with Crippen molar-refractivity contribution in [2.24, 2.45) is 5.92 Å². The van der Waals surface area contributed by atoms with Gasteiger partial charge in [-0.25, -0.2) is 0 Å². The van der Waals surface area contributed by atoms with Crippen LogP contribution in [0.25, 0.3) is 0 Å². The fourth-order valence-electron chi connectivity index (χ4n) is 3.85. The average molecular weight is 457 g/mol. The molecule has 0 radical (unpaired) electrons. The zero-order valence-electron chi connectivity index (χ0n) is 19.8. The number of halogens is 1. The third-order valence-electron chi connectivity index (χ3n) is 5.92. The molecule has 0 amide bonds. The average Bonchev–Trinajstić information content (AvgIpc) is 2.72. The van der Waals surface area contributed by atoms with E-state index in [4.69, 9.17) is 11.6 Å². The number of aliphatic hydroxyl groups excluding tert-OH is 1. The minimum Gasteiger partial charge on any atom is -0.390 e. The Morgan fingerprint density at radius 2 is 1.43 bits per heavy atom. The van der Waals surface area contributed by atoms with E-state index >= 15 is 0 Å². The lowest BCUT2D eigenvalue weighted by Gasteiger charge is -2.32. The largest absolute Gasteiger partial charge is 0.390 e. The van der Waals surface area contributed by atoms with Gasteiger partial charge in [-0.15, -0.1) is 11.6 Å². The van der Waals surface area contributed by atoms with Crippen molar-refractivity contribution < 1.29 is 9.32 Å². The van der Waals surface area contributed by atoms with Crippen molar-refractivity contribution in [3.63, 3.8) is 0 Å². The Morgan fingerprint density at radius 3 is 2.00 bits per heavy atom. The van der Waals surface area contributed by atoms with Gasteiger partial charge in [-0.2, -0.15) is 0 Å². The highest BCUT2D eigenvalue weighted by molar-refractivity contribution is 7.88. The summed E-state index contributed by atoms with van der Waals surface area (Å²) >= 11 is 6.99. The second kappa shape index (κ2) is 15.4. The number of unbranched alkanes of at least 4 members (excludes halogenated alkanes) is 8. The van der Waals surface area contributed by atoms with Gasteiger partial charge in [-0.1, -0.05) is 109 Å². The number of rotatable bonds is 17. The van der Waals surface area contributed by atoms with Crippen LogP contribution in [0.3, 0.4) is 0 Å². The molecular formula is C26H45ClO2S. The zero-order chi connectivity index (χ0) is 22.4. The number of benzene rings is 1. The van der Waals surface area contributed by atoms with E-state index in [1.165, 1.54) is 38.5 Å². The summed E-state index contributed by atoms with van der Waals surface area (Å²) in [6, 6.07) is 7.72. The third-order valence-corrected chi connectivity index (χ3v) is 8.58. The molecule has 0 aliphatic heterocycles. The van der Waals surface area contributed by atoms with Gasteiger partial charge in [0.05, 0.1) is 16.9 Å². The van der Waals surface area contributed by atoms with Gasteiger partial charge in [0.1, 0.15) is 4.21 Å². The maximum Gasteiger partial charge on any atom is 0.149 e. The Balaban J connectivity index is 2.67. The fraction of sp³-hybridized carbons (Fsp3) is 0.769. The van der Waals surface area contributed by atoms with Crippen molar-refractivity contribution in [1.82, 2.24) is 0 Å². The van der Waals surface area contributed by atoms with Gasteiger partial charge in [0, 0.05) is 4.90 Å². The van der Waals surface area contributed by atoms with Crippen molar-refractivity contribution in [3.05, 3.63) is 29.8 Å². The summed E-state index contributed by atoms with van der Waals surface area (Å²) in [4.78, 5) is 0.719. The standard InChI is InChI=1S/C26H45ClO2S/c1-5-6-7-8-9-10-11-14-21-26(27,25(28)16-13-12-15-22(2)3)30(29)24-19-17-23(4)18-20-24/h17-20,22,25,28H,5-16,21H2,1-4H3/t25-,26+,30?/m1/s1. The summed E-state index contributed by atoms with van der Waals surface area (Å²) in [5.74, 6) is 0.668. The molecule has 4 heteroatoms. The molecule has 0 spiro atoms. The molecule has 0 aliphatic carbocycles. The van der Waals surface area contributed by atoms with E-state index in [1.807, 2.05) is 31.2 Å². The SMILES string of the molecule is CCCCCCCCCC[C@@](Cl)([C@H](O)CCCCC(C)C)S(=O)c1ccc(C)cc1. The Morgan fingerprint density at radius 1 is 0.900 bits per heavy atom. The van der Waals surface area contributed by atoms with Gasteiger partial charge in [-0.3, -0.25) is 4.21 Å². The molecule has 1 rings (SSSR count). The normalized spacial score (nSPS) is 15.8. The predicted molar refractivity (Wildman–Crippen MR) is 133 cm³/mol. The maximum atomic E-state index is 13.4. The molecule has 2 nitrogen and oxygen atoms in total. The smallest absolute Gasteiger partial charge is 0.149 e. The van der Waals surface area contributed by atoms with Crippen LogP contribution in [0.5, 0.6) is 0 Å². The predicted octanol–water partition coefficient (Wildman–Crippen LogP) is 8.15. The molecule has 0 aliphatic rings. The summed E-state index contributed by atoms with van der Waals surface area (Å²) in [5, 5.41) is 11.0. The van der Waals surface area contributed by atoms with Crippen molar-refractivity contribution in [3.8, 4) is 0 Å². The summed E-state index contributed by atoms with van der Waals surface area (Å²) in [6.07, 6.45) is 13.3. The summed E-state index contributed by atoms with van der Waals surface area (Å²) < 4.78 is 12.3. The zero-order valence-corrected chi connectivity index (χ0v) is 21.4. The molecule has 0 saturated heterocycles. The molecule has 1 unspecified atom stereocenters. The number of alkyl halides is 1. The Kier molecular flexibility index (Phi) is 14.2. The van der Waals surface area contributed by atoms with E-state index in [0.717, 1.165) is 42.6 Å². The van der Waals surface area contributed by atoms with Gasteiger partial charge < -0.3 is 5.11 Å². The van der Waals surface area contributed by atoms with Crippen LogP contribution in [0.2, 0.25) is 0 Å². The van der Waals surface area contributed by atoms with Gasteiger partial charge >= 0.3 is 0 Å². The summed E-state index contributed by atoms with van der Waals surface area (Å²) in [6.45, 7) is 8.70. The molecule has 30 heavy (non-hydrogen) atoms. The van der Waals surface area contributed by atoms with Crippen molar-refractivity contribution >= 4 is 22.4 Å². The van der Waals surface area contributed by atoms with Crippen LogP contribution in [-0.4, -0.2) is 19.6 Å². The second-order valence-electron chi connectivity index (χ2n) is 9.29. The monoisotopic (exact) mass is 456 g/mol. The van der Waals surface area contributed by atoms with Crippen molar-refractivity contribution in [2.45, 2.75) is 126 Å². The fourth-order valence-corrected chi connectivity index (χ4v) is 5.83. The van der Waals surface area contributed by atoms with Crippen molar-refractivity contribution in [1.29, 1.82) is 0 Å². The Labute approximate surface area is 193 Å². The van der Waals surface area contributed by atoms with E-state index in [2.05, 4.69) is 20.8 Å². The first-order valence-electron chi connectivity index (χ1n) is 12.2. The summed E-state index contributed by atoms with van der Waals surface area (Å²) in [7, 11) is -1.44. The van der Waals surface area contributed by atoms with Crippen LogP contribution in [0.4, 0.5) is 0 Å². The first-order valence-corrected chi connectivity index (χ1v) is 13.7. The van der Waals surface area contributed by atoms with E-state index in [1.54, 1.807) is 0 Å². The number of aryl methyl sites for hydroxylation is 1. The Bertz CT molecular complexity index is 587. The maximum absolute atomic E-state index is 13.4. The van der Waals surface area contributed by atoms with Crippen LogP contribution in [-0.2, 0) is 10.8 Å². The van der Waals surface area contributed by atoms with Gasteiger partial charge in [0.2, 0.25) is 0 Å². The minimum atomic E-state index is -1.44. The molecule has 0 bridgehead atoms. The quantitative estimate of drug-likeness (QED) is 0.189. The highest BCUT2D eigenvalue weighted by Gasteiger charge is 2.41. The molecule has 0 aromatic heterocycles. The molecule has 1 aromatic rings. The Hall–Kier alpha value is -0.380. The van der Waals surface area contributed by atoms with E-state index < -0.39 is 21.1 Å². The second-order valence-corrected chi connectivity index (χ2v) is 11.9. The van der Waals surface area contributed by atoms with Crippen LogP contribution in [0, 0.1) is 12.8 Å². The first kappa shape index (κ1) is 27.7. The molecule has 174 valence electrons. The number of aliphatic hydroxyl groups is 1. The molecule has 1 aromatic carbocycles. The highest BCUT2D eigenvalue weighted by Crippen LogP contribution is 2.37. The van der Waals surface area contributed by atoms with Crippen LogP contribution in [0.1, 0.15) is 110 Å². The highest BCUT2D eigenvalue weighted by atomic mass is 35.5. The molecular weight excluding hydrogens is 412 g/mol. The van der Waals surface area contributed by atoms with Crippen LogP contribution < -0.4 is 0 Å². The third kappa shape index (κ3) is 10.3. The van der Waals surface area contributed by atoms with E-state index in [9.17, 15) is 9.32 Å². The van der Waals surface area contributed by atoms with Crippen LogP contribution >= 0.6 is 11.6 Å². The topological polar surface area (TPSA) is 37.3 Å². The molecule has 3 atom stereocenters. The summed E-state index contributed by atoms with van der Waals surface area (Å²) in [5.41, 5.74) is 1.13. The minimum absolute atomic E-state index is 0.593. The molecule has 0 heterocycles. The van der Waals surface area contributed by atoms with Gasteiger partial charge in [0.25, 0.3) is 0 Å². The number of hydrogen-bond donors (Lipinski definition) is 1. The van der Waals surface area contributed by atoms with Crippen LogP contribution in [0.15, 0.2) is 29.2 Å². The molecule has 0 saturated carbocycles. The lowest BCUT2D eigenvalue weighted by molar-refractivity contribution is 0.137. The molecule has 0 fully saturated rings. The lowest BCUT2D eigenvalue weighted by Crippen LogP contribution is -2.41. The molecule has 1 N–H and O–H groups in total.